The Hall–Kier alpha value is -1.65. The Morgan fingerprint density at radius 2 is 1.39 bits per heavy atom. The minimum atomic E-state index is -1.50. The van der Waals surface area contributed by atoms with Crippen LogP contribution in [0.5, 0.6) is 0 Å². The molecule has 124 valence electrons. The fourth-order valence-electron chi connectivity index (χ4n) is 4.01. The van der Waals surface area contributed by atoms with E-state index in [9.17, 15) is 22.8 Å². The number of hydrogen-bond donors (Lipinski definition) is 0. The van der Waals surface area contributed by atoms with Crippen LogP contribution in [0.1, 0.15) is 56.4 Å². The summed E-state index contributed by atoms with van der Waals surface area (Å²) >= 11 is 0. The maximum absolute atomic E-state index is 13.5. The van der Waals surface area contributed by atoms with E-state index in [4.69, 9.17) is 0 Å². The molecule has 0 heterocycles. The number of halogens is 3. The van der Waals surface area contributed by atoms with E-state index in [0.717, 1.165) is 31.4 Å². The van der Waals surface area contributed by atoms with E-state index < -0.39 is 23.4 Å². The third-order valence-corrected chi connectivity index (χ3v) is 5.35. The highest BCUT2D eigenvalue weighted by molar-refractivity contribution is 5.86. The minimum Gasteiger partial charge on any atom is -0.300 e. The molecular formula is C18H19F3O2. The van der Waals surface area contributed by atoms with Crippen molar-refractivity contribution in [1.82, 2.24) is 0 Å². The van der Waals surface area contributed by atoms with Gasteiger partial charge in [-0.25, -0.2) is 13.2 Å². The molecule has 0 spiro atoms. The van der Waals surface area contributed by atoms with Crippen LogP contribution in [0.15, 0.2) is 12.1 Å². The molecule has 23 heavy (non-hydrogen) atoms. The number of rotatable bonds is 2. The van der Waals surface area contributed by atoms with Crippen molar-refractivity contribution in [2.75, 3.05) is 0 Å². The van der Waals surface area contributed by atoms with Crippen LogP contribution in [0.3, 0.4) is 0 Å². The molecule has 2 atom stereocenters. The lowest BCUT2D eigenvalue weighted by molar-refractivity contribution is -0.125. The maximum atomic E-state index is 13.5. The van der Waals surface area contributed by atoms with Gasteiger partial charge in [0.2, 0.25) is 0 Å². The lowest BCUT2D eigenvalue weighted by Crippen LogP contribution is -2.30. The van der Waals surface area contributed by atoms with Crippen LogP contribution in [-0.2, 0) is 9.59 Å². The van der Waals surface area contributed by atoms with Gasteiger partial charge in [0.05, 0.1) is 0 Å². The first-order valence-electron chi connectivity index (χ1n) is 8.14. The van der Waals surface area contributed by atoms with Crippen molar-refractivity contribution in [3.05, 3.63) is 35.1 Å². The van der Waals surface area contributed by atoms with Crippen LogP contribution < -0.4 is 0 Å². The fraction of sp³-hybridized carbons (Fsp3) is 0.556. The van der Waals surface area contributed by atoms with E-state index in [1.807, 2.05) is 0 Å². The Morgan fingerprint density at radius 1 is 0.826 bits per heavy atom. The fourth-order valence-corrected chi connectivity index (χ4v) is 4.01. The van der Waals surface area contributed by atoms with Crippen LogP contribution in [0.25, 0.3) is 0 Å². The van der Waals surface area contributed by atoms with Gasteiger partial charge in [-0.2, -0.15) is 0 Å². The molecule has 2 fully saturated rings. The summed E-state index contributed by atoms with van der Waals surface area (Å²) in [5.41, 5.74) is 0.225. The summed E-state index contributed by atoms with van der Waals surface area (Å²) in [7, 11) is 0. The number of ketones is 2. The molecule has 0 saturated heterocycles. The molecule has 5 heteroatoms. The average Bonchev–Trinajstić information content (AvgIpc) is 2.53. The number of carbonyl (C=O) groups excluding carboxylic acids is 2. The summed E-state index contributed by atoms with van der Waals surface area (Å²) in [4.78, 5) is 23.6. The topological polar surface area (TPSA) is 34.1 Å². The Labute approximate surface area is 133 Å². The molecule has 3 rings (SSSR count). The second kappa shape index (κ2) is 6.46. The smallest absolute Gasteiger partial charge is 0.194 e. The van der Waals surface area contributed by atoms with Crippen LogP contribution in [0, 0.1) is 29.3 Å². The van der Waals surface area contributed by atoms with Gasteiger partial charge in [-0.05, 0) is 55.2 Å². The molecule has 0 aliphatic heterocycles. The predicted molar refractivity (Wildman–Crippen MR) is 78.4 cm³/mol. The van der Waals surface area contributed by atoms with Gasteiger partial charge in [-0.3, -0.25) is 9.59 Å². The van der Waals surface area contributed by atoms with E-state index in [2.05, 4.69) is 0 Å². The molecule has 0 bridgehead atoms. The van der Waals surface area contributed by atoms with E-state index in [-0.39, 0.29) is 23.0 Å². The third-order valence-electron chi connectivity index (χ3n) is 5.35. The van der Waals surface area contributed by atoms with Gasteiger partial charge >= 0.3 is 0 Å². The zero-order chi connectivity index (χ0) is 16.6. The number of benzene rings is 1. The molecule has 2 unspecified atom stereocenters. The Balaban J connectivity index is 1.78. The molecule has 0 aromatic heterocycles. The summed E-state index contributed by atoms with van der Waals surface area (Å²) in [6.07, 6.45) is 4.50. The zero-order valence-corrected chi connectivity index (χ0v) is 12.8. The van der Waals surface area contributed by atoms with Crippen LogP contribution in [0.4, 0.5) is 13.2 Å². The largest absolute Gasteiger partial charge is 0.300 e. The summed E-state index contributed by atoms with van der Waals surface area (Å²) in [6.45, 7) is 0. The zero-order valence-electron chi connectivity index (χ0n) is 12.8. The molecule has 0 radical (unpaired) electrons. The molecular weight excluding hydrogens is 305 g/mol. The first kappa shape index (κ1) is 16.2. The molecule has 2 nitrogen and oxygen atoms in total. The second-order valence-corrected chi connectivity index (χ2v) is 6.73. The number of carbonyl (C=O) groups is 2. The standard InChI is InChI=1S/C18H19F3O2/c19-15-8-12(9-16(20)18(15)21)14-7-11(3-6-17(14)23)10-1-4-13(22)5-2-10/h8-11,14H,1-7H2. The number of hydrogen-bond acceptors (Lipinski definition) is 2. The number of Topliss-reactive ketones (excluding diaryl/α,β-unsaturated/α-hetero) is 2. The first-order valence-corrected chi connectivity index (χ1v) is 8.14. The molecule has 0 N–H and O–H groups in total. The highest BCUT2D eigenvalue weighted by Gasteiger charge is 2.36. The quantitative estimate of drug-likeness (QED) is 0.760. The molecule has 2 aliphatic rings. The van der Waals surface area contributed by atoms with E-state index >= 15 is 0 Å². The third kappa shape index (κ3) is 3.33. The van der Waals surface area contributed by atoms with Crippen LogP contribution in [0.2, 0.25) is 0 Å². The van der Waals surface area contributed by atoms with Crippen molar-refractivity contribution < 1.29 is 22.8 Å². The van der Waals surface area contributed by atoms with Crippen molar-refractivity contribution in [2.24, 2.45) is 11.8 Å². The van der Waals surface area contributed by atoms with Crippen molar-refractivity contribution in [3.63, 3.8) is 0 Å². The summed E-state index contributed by atoms with van der Waals surface area (Å²) in [6, 6.07) is 1.88. The highest BCUT2D eigenvalue weighted by atomic mass is 19.2. The van der Waals surface area contributed by atoms with Crippen molar-refractivity contribution in [1.29, 1.82) is 0 Å². The summed E-state index contributed by atoms with van der Waals surface area (Å²) in [5.74, 6) is -3.67. The molecule has 1 aromatic carbocycles. The van der Waals surface area contributed by atoms with Crippen molar-refractivity contribution in [2.45, 2.75) is 50.9 Å². The highest BCUT2D eigenvalue weighted by Crippen LogP contribution is 2.42. The average molecular weight is 324 g/mol. The SMILES string of the molecule is O=C1CCC(C2CCC(=O)C(c3cc(F)c(F)c(F)c3)C2)CC1. The van der Waals surface area contributed by atoms with Gasteiger partial charge in [-0.1, -0.05) is 0 Å². The normalized spacial score (nSPS) is 26.6. The van der Waals surface area contributed by atoms with Crippen LogP contribution in [-0.4, -0.2) is 11.6 Å². The predicted octanol–water partition coefficient (Wildman–Crippen LogP) is 4.32. The van der Waals surface area contributed by atoms with Gasteiger partial charge < -0.3 is 0 Å². The van der Waals surface area contributed by atoms with E-state index in [0.29, 0.717) is 31.6 Å². The first-order chi connectivity index (χ1) is 11.0. The van der Waals surface area contributed by atoms with Gasteiger partial charge in [0, 0.05) is 25.2 Å². The Kier molecular flexibility index (Phi) is 4.55. The van der Waals surface area contributed by atoms with Gasteiger partial charge in [0.25, 0.3) is 0 Å². The Bertz CT molecular complexity index is 608. The van der Waals surface area contributed by atoms with Gasteiger partial charge in [0.1, 0.15) is 11.6 Å². The maximum Gasteiger partial charge on any atom is 0.194 e. The molecule has 2 saturated carbocycles. The molecule has 0 amide bonds. The summed E-state index contributed by atoms with van der Waals surface area (Å²) in [5, 5.41) is 0. The molecule has 1 aromatic rings. The van der Waals surface area contributed by atoms with Gasteiger partial charge in [0.15, 0.2) is 17.5 Å². The van der Waals surface area contributed by atoms with Crippen molar-refractivity contribution in [3.8, 4) is 0 Å². The Morgan fingerprint density at radius 3 is 2.00 bits per heavy atom. The van der Waals surface area contributed by atoms with Crippen LogP contribution >= 0.6 is 0 Å². The lowest BCUT2D eigenvalue weighted by atomic mass is 9.68. The van der Waals surface area contributed by atoms with E-state index in [1.54, 1.807) is 0 Å². The minimum absolute atomic E-state index is 0.0430. The monoisotopic (exact) mass is 324 g/mol. The van der Waals surface area contributed by atoms with Gasteiger partial charge in [-0.15, -0.1) is 0 Å². The van der Waals surface area contributed by atoms with Crippen molar-refractivity contribution >= 4 is 11.6 Å². The van der Waals surface area contributed by atoms with E-state index in [1.165, 1.54) is 0 Å². The summed E-state index contributed by atoms with van der Waals surface area (Å²) < 4.78 is 40.0. The second-order valence-electron chi connectivity index (χ2n) is 6.73. The lowest BCUT2D eigenvalue weighted by Gasteiger charge is -2.35. The molecule has 2 aliphatic carbocycles.